The van der Waals surface area contributed by atoms with E-state index in [0.717, 1.165) is 6.20 Å². The molecule has 0 radical (unpaired) electrons. The summed E-state index contributed by atoms with van der Waals surface area (Å²) in [6.07, 6.45) is 7.15. The Kier molecular flexibility index (Phi) is 9.83. The number of nitrogens with two attached hydrogens (primary N) is 2. The summed E-state index contributed by atoms with van der Waals surface area (Å²) in [5.41, 5.74) is 10.3. The highest BCUT2D eigenvalue weighted by Gasteiger charge is 2.42. The Balaban J connectivity index is 0.00000107. The van der Waals surface area contributed by atoms with Gasteiger partial charge in [-0.3, -0.25) is 9.79 Å². The molecule has 0 atom stereocenters. The van der Waals surface area contributed by atoms with E-state index in [1.54, 1.807) is 39.1 Å². The maximum Gasteiger partial charge on any atom is 0.405 e. The first-order chi connectivity index (χ1) is 16.0. The average molecular weight is 482 g/mol. The monoisotopic (exact) mass is 481 g/mol. The van der Waals surface area contributed by atoms with E-state index in [-0.39, 0.29) is 21.0 Å². The van der Waals surface area contributed by atoms with E-state index < -0.39 is 17.7 Å². The largest absolute Gasteiger partial charge is 0.481 e. The van der Waals surface area contributed by atoms with Gasteiger partial charge in [-0.2, -0.15) is 4.39 Å². The highest BCUT2D eigenvalue weighted by atomic mass is 19.1. The van der Waals surface area contributed by atoms with Crippen LogP contribution in [0.25, 0.3) is 0 Å². The minimum Gasteiger partial charge on any atom is -0.481 e. The van der Waals surface area contributed by atoms with Gasteiger partial charge in [0, 0.05) is 27.2 Å². The number of carbonyl (C=O) groups excluding carboxylic acids is 2. The zero-order valence-corrected chi connectivity index (χ0v) is 20.3. The summed E-state index contributed by atoms with van der Waals surface area (Å²) in [4.78, 5) is 30.2. The Labute approximate surface area is 203 Å². The molecule has 5 N–H and O–H groups in total. The molecule has 2 aliphatic rings. The second-order valence-corrected chi connectivity index (χ2v) is 9.48. The van der Waals surface area contributed by atoms with Gasteiger partial charge in [0.05, 0.1) is 13.7 Å². The zero-order chi connectivity index (χ0) is 25.3. The lowest BCUT2D eigenvalue weighted by Gasteiger charge is -2.16. The topological polar surface area (TPSA) is 142 Å². The lowest BCUT2D eigenvalue weighted by atomic mass is 9.94. The number of pyridine rings is 1. The Hall–Kier alpha value is -3.17. The molecule has 0 unspecified atom stereocenters. The van der Waals surface area contributed by atoms with Crippen LogP contribution in [0, 0.1) is 17.8 Å². The molecule has 0 aliphatic heterocycles. The number of halogens is 1. The van der Waals surface area contributed by atoms with Crippen molar-refractivity contribution in [3.05, 3.63) is 35.8 Å². The van der Waals surface area contributed by atoms with Crippen LogP contribution in [0.4, 0.5) is 9.18 Å². The fraction of sp³-hybridized carbons (Fsp3) is 0.583. The van der Waals surface area contributed by atoms with Crippen molar-refractivity contribution in [1.82, 2.24) is 10.3 Å². The van der Waals surface area contributed by atoms with Gasteiger partial charge in [-0.1, -0.05) is 6.07 Å². The van der Waals surface area contributed by atoms with Crippen LogP contribution in [-0.2, 0) is 16.1 Å². The van der Waals surface area contributed by atoms with Crippen molar-refractivity contribution in [2.75, 3.05) is 7.11 Å². The number of carbonyl (C=O) groups is 2. The molecule has 34 heavy (non-hydrogen) atoms. The molecule has 0 saturated heterocycles. The molecule has 10 heteroatoms. The fourth-order valence-electron chi connectivity index (χ4n) is 3.61. The number of hydrogen-bond donors (Lipinski definition) is 3. The summed E-state index contributed by atoms with van der Waals surface area (Å²) in [5, 5.41) is 2.57. The Morgan fingerprint density at radius 2 is 1.94 bits per heavy atom. The third-order valence-electron chi connectivity index (χ3n) is 5.38. The molecule has 2 saturated carbocycles. The Bertz CT molecular complexity index is 904. The number of nitrogens with one attached hydrogen (secondary N) is 1. The molecule has 1 aromatic heterocycles. The summed E-state index contributed by atoms with van der Waals surface area (Å²) in [6.45, 7) is 5.33. The number of allylic oxidation sites excluding steroid dienone is 1. The number of nitrogens with zero attached hydrogens (tertiary/aromatic N) is 2. The predicted octanol–water partition coefficient (Wildman–Crippen LogP) is 4.07. The van der Waals surface area contributed by atoms with Gasteiger partial charge < -0.3 is 26.3 Å². The van der Waals surface area contributed by atoms with Crippen LogP contribution >= 0.6 is 0 Å². The van der Waals surface area contributed by atoms with Crippen LogP contribution in [0.15, 0.2) is 35.2 Å². The van der Waals surface area contributed by atoms with E-state index in [2.05, 4.69) is 20.0 Å². The first-order valence-corrected chi connectivity index (χ1v) is 11.4. The SMILES string of the molecule is CC(C)(C)OC(N)=O.COc1ncccc1CN=C(F)/C(=C\N)NC(=O)CC(C1CC1)C1CC1.[HH].[HH]. The zero-order valence-electron chi connectivity index (χ0n) is 20.3. The number of amides is 2. The number of hydrogen-bond acceptors (Lipinski definition) is 7. The molecule has 1 aromatic rings. The van der Waals surface area contributed by atoms with Crippen molar-refractivity contribution in [3.63, 3.8) is 0 Å². The molecular formula is C24H40FN5O4. The number of ether oxygens (including phenoxy) is 2. The van der Waals surface area contributed by atoms with E-state index in [4.69, 9.17) is 16.2 Å². The first kappa shape index (κ1) is 27.1. The van der Waals surface area contributed by atoms with Crippen LogP contribution < -0.4 is 21.5 Å². The smallest absolute Gasteiger partial charge is 0.405 e. The van der Waals surface area contributed by atoms with Gasteiger partial charge in [-0.15, -0.1) is 0 Å². The van der Waals surface area contributed by atoms with Gasteiger partial charge in [0.1, 0.15) is 11.3 Å². The maximum absolute atomic E-state index is 14.4. The van der Waals surface area contributed by atoms with Gasteiger partial charge in [0.2, 0.25) is 17.8 Å². The summed E-state index contributed by atoms with van der Waals surface area (Å²) < 4.78 is 24.0. The minimum absolute atomic E-state index is 0. The molecule has 0 spiro atoms. The molecule has 0 aromatic carbocycles. The van der Waals surface area contributed by atoms with Crippen molar-refractivity contribution >= 4 is 18.0 Å². The molecule has 2 aliphatic carbocycles. The summed E-state index contributed by atoms with van der Waals surface area (Å²) in [7, 11) is 1.49. The Morgan fingerprint density at radius 1 is 1.32 bits per heavy atom. The van der Waals surface area contributed by atoms with Crippen LogP contribution in [0.5, 0.6) is 5.88 Å². The number of methoxy groups -OCH3 is 1. The van der Waals surface area contributed by atoms with Gasteiger partial charge in [-0.05, 0) is 70.3 Å². The number of rotatable bonds is 9. The molecule has 0 bridgehead atoms. The third kappa shape index (κ3) is 9.76. The van der Waals surface area contributed by atoms with Gasteiger partial charge >= 0.3 is 6.09 Å². The lowest BCUT2D eigenvalue weighted by Crippen LogP contribution is -2.29. The van der Waals surface area contributed by atoms with Crippen LogP contribution in [0.3, 0.4) is 0 Å². The number of primary amides is 1. The van der Waals surface area contributed by atoms with Crippen molar-refractivity contribution in [3.8, 4) is 5.88 Å². The van der Waals surface area contributed by atoms with Crippen LogP contribution in [0.1, 0.15) is 61.3 Å². The summed E-state index contributed by atoms with van der Waals surface area (Å²) in [5.74, 6) is 1.14. The molecule has 2 fully saturated rings. The maximum atomic E-state index is 14.4. The molecule has 2 amide bonds. The predicted molar refractivity (Wildman–Crippen MR) is 132 cm³/mol. The molecule has 192 valence electrons. The number of aliphatic imine (C=N–C) groups is 1. The van der Waals surface area contributed by atoms with Crippen molar-refractivity contribution in [2.24, 2.45) is 34.2 Å². The highest BCUT2D eigenvalue weighted by Crippen LogP contribution is 2.50. The molecule has 9 nitrogen and oxygen atoms in total. The molecular weight excluding hydrogens is 441 g/mol. The van der Waals surface area contributed by atoms with Gasteiger partial charge in [0.15, 0.2) is 0 Å². The first-order valence-electron chi connectivity index (χ1n) is 11.4. The van der Waals surface area contributed by atoms with Gasteiger partial charge in [-0.25, -0.2) is 9.78 Å². The van der Waals surface area contributed by atoms with Crippen molar-refractivity contribution in [2.45, 2.75) is 65.0 Å². The summed E-state index contributed by atoms with van der Waals surface area (Å²) >= 11 is 0. The quantitative estimate of drug-likeness (QED) is 0.454. The van der Waals surface area contributed by atoms with Gasteiger partial charge in [0.25, 0.3) is 0 Å². The lowest BCUT2D eigenvalue weighted by molar-refractivity contribution is -0.121. The van der Waals surface area contributed by atoms with E-state index in [0.29, 0.717) is 35.6 Å². The third-order valence-corrected chi connectivity index (χ3v) is 5.38. The van der Waals surface area contributed by atoms with Crippen LogP contribution in [-0.4, -0.2) is 35.7 Å². The van der Waals surface area contributed by atoms with Crippen LogP contribution in [0.2, 0.25) is 0 Å². The summed E-state index contributed by atoms with van der Waals surface area (Å²) in [6, 6.07) is 3.48. The normalized spacial score (nSPS) is 16.4. The van der Waals surface area contributed by atoms with E-state index in [1.807, 2.05) is 0 Å². The standard InChI is InChI=1S/C19H25FN4O2.C5H11NO2.2H2/c1-26-19-14(3-2-8-22-19)11-23-18(20)16(10-21)24-17(25)9-15(12-4-5-12)13-6-7-13;1-5(2,3)8-4(6)7;;/h2-3,8,10,12-13,15H,4-7,9,11,21H2,1H3,(H,24,25);1-3H3,(H2,6,7);2*1H/b16-10+,23-18?;;;. The minimum atomic E-state index is -0.804. The average Bonchev–Trinajstić information content (AvgIpc) is 3.67. The van der Waals surface area contributed by atoms with Crippen molar-refractivity contribution in [1.29, 1.82) is 0 Å². The Morgan fingerprint density at radius 3 is 2.38 bits per heavy atom. The second-order valence-electron chi connectivity index (χ2n) is 9.48. The molecule has 1 heterocycles. The van der Waals surface area contributed by atoms with E-state index in [9.17, 15) is 14.0 Å². The second kappa shape index (κ2) is 12.3. The fourth-order valence-corrected chi connectivity index (χ4v) is 3.61. The molecule has 3 rings (SSSR count). The van der Waals surface area contributed by atoms with E-state index >= 15 is 0 Å². The van der Waals surface area contributed by atoms with E-state index in [1.165, 1.54) is 32.8 Å². The number of aromatic nitrogens is 1. The highest BCUT2D eigenvalue weighted by molar-refractivity contribution is 5.96. The van der Waals surface area contributed by atoms with Crippen molar-refractivity contribution < 1.29 is 26.3 Å².